The minimum absolute atomic E-state index is 0.525. The fourth-order valence-electron chi connectivity index (χ4n) is 10.4. The van der Waals surface area contributed by atoms with Crippen molar-refractivity contribution in [3.05, 3.63) is 169 Å². The molecule has 7 aromatic carbocycles. The highest BCUT2D eigenvalue weighted by molar-refractivity contribution is 7.20. The van der Waals surface area contributed by atoms with Crippen LogP contribution in [0.4, 0.5) is 0 Å². The molecule has 0 amide bonds. The van der Waals surface area contributed by atoms with Crippen molar-refractivity contribution in [2.75, 3.05) is 0 Å². The van der Waals surface area contributed by atoms with E-state index < -0.39 is 24.2 Å². The first-order valence-corrected chi connectivity index (χ1v) is 28.4. The third-order valence-corrected chi connectivity index (χ3v) is 25.1. The molecule has 10 rings (SSSR count). The first kappa shape index (κ1) is 35.2. The molecule has 2 heterocycles. The summed E-state index contributed by atoms with van der Waals surface area (Å²) in [5.74, 6) is 4.66. The van der Waals surface area contributed by atoms with E-state index in [1.165, 1.54) is 83.9 Å². The molecule has 0 spiro atoms. The molecule has 1 fully saturated rings. The fraction of sp³-hybridized carbons (Fsp3) is 0.176. The molecule has 0 radical (unpaired) electrons. The molecule has 5 heteroatoms. The van der Waals surface area contributed by atoms with Crippen LogP contribution in [-0.4, -0.2) is 24.2 Å². The second-order valence-electron chi connectivity index (χ2n) is 17.1. The van der Waals surface area contributed by atoms with Crippen molar-refractivity contribution >= 4 is 65.7 Å². The second-order valence-corrected chi connectivity index (χ2v) is 29.5. The Balaban J connectivity index is 1.29. The van der Waals surface area contributed by atoms with Gasteiger partial charge in [0.15, 0.2) is 8.07 Å². The maximum absolute atomic E-state index is 7.22. The molecule has 0 unspecified atom stereocenters. The molecule has 56 heavy (non-hydrogen) atoms. The van der Waals surface area contributed by atoms with Gasteiger partial charge in [-0.05, 0) is 83.5 Å². The van der Waals surface area contributed by atoms with E-state index >= 15 is 0 Å². The number of para-hydroxylation sites is 4. The zero-order valence-corrected chi connectivity index (χ0v) is 35.8. The lowest BCUT2D eigenvalue weighted by Crippen LogP contribution is -2.75. The molecule has 3 aliphatic rings. The molecule has 0 atom stereocenters. The molecule has 1 saturated carbocycles. The number of benzene rings is 7. The van der Waals surface area contributed by atoms with Gasteiger partial charge in [0.2, 0.25) is 0 Å². The van der Waals surface area contributed by atoms with E-state index in [9.17, 15) is 0 Å². The maximum Gasteiger partial charge on any atom is 0.183 e. The Kier molecular flexibility index (Phi) is 8.47. The molecule has 0 saturated heterocycles. The number of rotatable bonds is 6. The van der Waals surface area contributed by atoms with Crippen LogP contribution in [0.5, 0.6) is 23.0 Å². The summed E-state index contributed by atoms with van der Waals surface area (Å²) < 4.78 is 14.3. The molecular weight excluding hydrogens is 729 g/mol. The van der Waals surface area contributed by atoms with Gasteiger partial charge in [0, 0.05) is 5.56 Å². The summed E-state index contributed by atoms with van der Waals surface area (Å²) in [7, 11) is -7.20. The van der Waals surface area contributed by atoms with Crippen LogP contribution in [0.15, 0.2) is 164 Å². The molecule has 2 aliphatic heterocycles. The van der Waals surface area contributed by atoms with Gasteiger partial charge in [-0.25, -0.2) is 0 Å². The first-order chi connectivity index (χ1) is 27.3. The molecule has 0 bridgehead atoms. The normalized spacial score (nSPS) is 16.4. The minimum Gasteiger partial charge on any atom is -0.458 e. The van der Waals surface area contributed by atoms with Crippen LogP contribution in [0.2, 0.25) is 26.2 Å². The Labute approximate surface area is 334 Å². The molecule has 7 aromatic rings. The predicted molar refractivity (Wildman–Crippen MR) is 243 cm³/mol. The maximum atomic E-state index is 7.22. The van der Waals surface area contributed by atoms with Gasteiger partial charge in [-0.2, -0.15) is 0 Å². The van der Waals surface area contributed by atoms with Crippen molar-refractivity contribution in [3.8, 4) is 34.1 Å². The van der Waals surface area contributed by atoms with E-state index in [2.05, 4.69) is 190 Å². The average molecular weight is 777 g/mol. The summed E-state index contributed by atoms with van der Waals surface area (Å²) in [4.78, 5) is 0. The van der Waals surface area contributed by atoms with Crippen LogP contribution >= 0.6 is 0 Å². The van der Waals surface area contributed by atoms with Gasteiger partial charge in [-0.1, -0.05) is 191 Å². The SMILES string of the molecule is C[Si]1(C)c2ccccc2Oc2c(-c3cc([Si](c4ccccc4)(c4ccccc4)c4cccc5c4Oc4ccccc4[Si]5(C)C)ccc3C3CCCC3)cccc21. The third kappa shape index (κ3) is 5.32. The van der Waals surface area contributed by atoms with Gasteiger partial charge in [0.25, 0.3) is 0 Å². The number of hydrogen-bond donors (Lipinski definition) is 0. The van der Waals surface area contributed by atoms with Crippen molar-refractivity contribution in [2.24, 2.45) is 0 Å². The van der Waals surface area contributed by atoms with Crippen molar-refractivity contribution in [1.29, 1.82) is 0 Å². The highest BCUT2D eigenvalue weighted by atomic mass is 28.3. The Morgan fingerprint density at radius 2 is 0.946 bits per heavy atom. The molecule has 276 valence electrons. The topological polar surface area (TPSA) is 18.5 Å². The summed E-state index contributed by atoms with van der Waals surface area (Å²) in [6.45, 7) is 9.94. The second kappa shape index (κ2) is 13.5. The lowest BCUT2D eigenvalue weighted by molar-refractivity contribution is 0.488. The van der Waals surface area contributed by atoms with E-state index in [1.807, 2.05) is 0 Å². The largest absolute Gasteiger partial charge is 0.458 e. The van der Waals surface area contributed by atoms with Crippen molar-refractivity contribution in [3.63, 3.8) is 0 Å². The lowest BCUT2D eigenvalue weighted by Gasteiger charge is -2.40. The molecule has 2 nitrogen and oxygen atoms in total. The van der Waals surface area contributed by atoms with Gasteiger partial charge in [-0.15, -0.1) is 0 Å². The van der Waals surface area contributed by atoms with Gasteiger partial charge < -0.3 is 9.47 Å². The molecule has 1 aliphatic carbocycles. The highest BCUT2D eigenvalue weighted by Crippen LogP contribution is 2.44. The van der Waals surface area contributed by atoms with Gasteiger partial charge in [0.05, 0.1) is 0 Å². The van der Waals surface area contributed by atoms with Crippen LogP contribution in [-0.2, 0) is 0 Å². The monoisotopic (exact) mass is 776 g/mol. The zero-order chi connectivity index (χ0) is 38.1. The third-order valence-electron chi connectivity index (χ3n) is 13.3. The smallest absolute Gasteiger partial charge is 0.183 e. The Morgan fingerprint density at radius 3 is 1.55 bits per heavy atom. The van der Waals surface area contributed by atoms with Crippen LogP contribution in [0, 0.1) is 0 Å². The minimum atomic E-state index is -3.05. The molecular formula is C51H48O2Si3. The van der Waals surface area contributed by atoms with E-state index in [0.29, 0.717) is 5.92 Å². The van der Waals surface area contributed by atoms with Crippen LogP contribution in [0.1, 0.15) is 37.2 Å². The fourth-order valence-corrected chi connectivity index (χ4v) is 21.0. The highest BCUT2D eigenvalue weighted by Gasteiger charge is 2.48. The zero-order valence-electron chi connectivity index (χ0n) is 32.8. The summed E-state index contributed by atoms with van der Waals surface area (Å²) >= 11 is 0. The number of fused-ring (bicyclic) bond motifs is 4. The first-order valence-electron chi connectivity index (χ1n) is 20.4. The molecule has 0 N–H and O–H groups in total. The van der Waals surface area contributed by atoms with Crippen LogP contribution in [0.3, 0.4) is 0 Å². The standard InChI is InChI=1S/C51H48O2Si3/c1-54(2)45-28-15-13-26-43(45)52-50-41(25-17-30-47(50)54)42-35-39(33-34-40(42)36-19-11-12-20-36)56(37-21-7-5-8-22-37,38-23-9-6-10-24-38)49-32-18-31-48-51(49)53-44-27-14-16-29-46(44)55(48,3)4/h5-10,13-18,21-36H,11-12,19-20H2,1-4H3. The Hall–Kier alpha value is -5.21. The van der Waals surface area contributed by atoms with E-state index in [0.717, 1.165) is 23.0 Å². The average Bonchev–Trinajstić information content (AvgIpc) is 3.77. The Bertz CT molecular complexity index is 2570. The van der Waals surface area contributed by atoms with E-state index in [-0.39, 0.29) is 0 Å². The van der Waals surface area contributed by atoms with Crippen molar-refractivity contribution in [1.82, 2.24) is 0 Å². The van der Waals surface area contributed by atoms with Gasteiger partial charge >= 0.3 is 0 Å². The number of hydrogen-bond acceptors (Lipinski definition) is 2. The summed E-state index contributed by atoms with van der Waals surface area (Å²) in [6, 6.07) is 61.8. The van der Waals surface area contributed by atoms with Gasteiger partial charge in [-0.3, -0.25) is 0 Å². The van der Waals surface area contributed by atoms with Crippen molar-refractivity contribution < 1.29 is 9.47 Å². The van der Waals surface area contributed by atoms with Crippen LogP contribution < -0.4 is 51.0 Å². The molecule has 0 aromatic heterocycles. The summed E-state index contributed by atoms with van der Waals surface area (Å²) in [6.07, 6.45) is 5.02. The summed E-state index contributed by atoms with van der Waals surface area (Å²) in [5, 5.41) is 10.9. The number of ether oxygens (including phenoxy) is 2. The van der Waals surface area contributed by atoms with E-state index in [1.54, 1.807) is 0 Å². The van der Waals surface area contributed by atoms with Crippen LogP contribution in [0.25, 0.3) is 11.1 Å². The van der Waals surface area contributed by atoms with E-state index in [4.69, 9.17) is 9.47 Å². The quantitative estimate of drug-likeness (QED) is 0.125. The van der Waals surface area contributed by atoms with Crippen molar-refractivity contribution in [2.45, 2.75) is 57.8 Å². The Morgan fingerprint density at radius 1 is 0.446 bits per heavy atom. The van der Waals surface area contributed by atoms with Gasteiger partial charge in [0.1, 0.15) is 39.1 Å². The predicted octanol–water partition coefficient (Wildman–Crippen LogP) is 8.25. The summed E-state index contributed by atoms with van der Waals surface area (Å²) in [5.41, 5.74) is 4.00. The lowest BCUT2D eigenvalue weighted by atomic mass is 9.89.